The summed E-state index contributed by atoms with van der Waals surface area (Å²) in [4.78, 5) is 26.3. The molecule has 0 aliphatic heterocycles. The Balaban J connectivity index is 2.19. The van der Waals surface area contributed by atoms with Gasteiger partial charge >= 0.3 is 0 Å². The standard InChI is InChI=1S/C13H13N5O3/c1-8-2-4-10(6-11(8)18(20)21)16-13(19)9-3-5-12(17-14)15-7-9/h2-7H,14H2,1H3,(H,15,17)(H,16,19). The molecule has 108 valence electrons. The fraction of sp³-hybridized carbons (Fsp3) is 0.0769. The molecule has 8 heteroatoms. The smallest absolute Gasteiger partial charge is 0.274 e. The van der Waals surface area contributed by atoms with E-state index in [0.717, 1.165) is 0 Å². The number of aromatic nitrogens is 1. The highest BCUT2D eigenvalue weighted by Crippen LogP contribution is 2.22. The second-order valence-electron chi connectivity index (χ2n) is 4.29. The van der Waals surface area contributed by atoms with Gasteiger partial charge in [0.05, 0.1) is 10.5 Å². The highest BCUT2D eigenvalue weighted by molar-refractivity contribution is 6.04. The number of benzene rings is 1. The van der Waals surface area contributed by atoms with Crippen LogP contribution < -0.4 is 16.6 Å². The number of hydrogen-bond acceptors (Lipinski definition) is 6. The van der Waals surface area contributed by atoms with Crippen molar-refractivity contribution in [1.82, 2.24) is 4.98 Å². The maximum atomic E-state index is 12.0. The van der Waals surface area contributed by atoms with Gasteiger partial charge in [-0.2, -0.15) is 0 Å². The van der Waals surface area contributed by atoms with Crippen LogP contribution in [0, 0.1) is 17.0 Å². The number of nitrogen functional groups attached to an aromatic ring is 1. The van der Waals surface area contributed by atoms with Gasteiger partial charge < -0.3 is 10.7 Å². The normalized spacial score (nSPS) is 10.0. The van der Waals surface area contributed by atoms with Crippen LogP contribution in [0.25, 0.3) is 0 Å². The molecule has 0 saturated heterocycles. The highest BCUT2D eigenvalue weighted by Gasteiger charge is 2.13. The maximum Gasteiger partial charge on any atom is 0.274 e. The highest BCUT2D eigenvalue weighted by atomic mass is 16.6. The monoisotopic (exact) mass is 287 g/mol. The van der Waals surface area contributed by atoms with Crippen molar-refractivity contribution in [3.8, 4) is 0 Å². The van der Waals surface area contributed by atoms with Crippen LogP contribution in [0.1, 0.15) is 15.9 Å². The summed E-state index contributed by atoms with van der Waals surface area (Å²) in [6.07, 6.45) is 1.35. The maximum absolute atomic E-state index is 12.0. The van der Waals surface area contributed by atoms with Crippen LogP contribution >= 0.6 is 0 Å². The molecule has 8 nitrogen and oxygen atoms in total. The first kappa shape index (κ1) is 14.4. The summed E-state index contributed by atoms with van der Waals surface area (Å²) in [6.45, 7) is 1.63. The topological polar surface area (TPSA) is 123 Å². The Morgan fingerprint density at radius 1 is 1.33 bits per heavy atom. The molecule has 2 rings (SSSR count). The number of nitrogens with zero attached hydrogens (tertiary/aromatic N) is 2. The summed E-state index contributed by atoms with van der Waals surface area (Å²) >= 11 is 0. The van der Waals surface area contributed by atoms with E-state index in [4.69, 9.17) is 5.84 Å². The number of hydrazine groups is 1. The Labute approximate surface area is 120 Å². The van der Waals surface area contributed by atoms with Gasteiger partial charge in [0.1, 0.15) is 5.82 Å². The molecule has 1 heterocycles. The lowest BCUT2D eigenvalue weighted by molar-refractivity contribution is -0.385. The molecule has 0 fully saturated rings. The van der Waals surface area contributed by atoms with Gasteiger partial charge in [0.15, 0.2) is 0 Å². The summed E-state index contributed by atoms with van der Waals surface area (Å²) in [5.41, 5.74) is 3.49. The molecular weight excluding hydrogens is 274 g/mol. The third-order valence-electron chi connectivity index (χ3n) is 2.84. The van der Waals surface area contributed by atoms with Crippen LogP contribution in [-0.2, 0) is 0 Å². The number of nitro benzene ring substituents is 1. The quantitative estimate of drug-likeness (QED) is 0.448. The summed E-state index contributed by atoms with van der Waals surface area (Å²) in [5, 5.41) is 13.4. The third kappa shape index (κ3) is 3.31. The van der Waals surface area contributed by atoms with Crippen molar-refractivity contribution in [2.45, 2.75) is 6.92 Å². The first-order valence-electron chi connectivity index (χ1n) is 6.00. The van der Waals surface area contributed by atoms with E-state index in [0.29, 0.717) is 22.6 Å². The van der Waals surface area contributed by atoms with E-state index in [9.17, 15) is 14.9 Å². The zero-order valence-corrected chi connectivity index (χ0v) is 11.2. The van der Waals surface area contributed by atoms with Crippen LogP contribution in [-0.4, -0.2) is 15.8 Å². The Hall–Kier alpha value is -3.00. The average molecular weight is 287 g/mol. The number of amides is 1. The lowest BCUT2D eigenvalue weighted by atomic mass is 10.1. The van der Waals surface area contributed by atoms with E-state index < -0.39 is 10.8 Å². The van der Waals surface area contributed by atoms with E-state index >= 15 is 0 Å². The van der Waals surface area contributed by atoms with Gasteiger partial charge in [0.2, 0.25) is 0 Å². The molecule has 0 spiro atoms. The van der Waals surface area contributed by atoms with E-state index in [1.54, 1.807) is 31.2 Å². The summed E-state index contributed by atoms with van der Waals surface area (Å²) < 4.78 is 0. The fourth-order valence-electron chi connectivity index (χ4n) is 1.70. The minimum atomic E-state index is -0.492. The zero-order chi connectivity index (χ0) is 15.4. The molecule has 1 aromatic heterocycles. The fourth-order valence-corrected chi connectivity index (χ4v) is 1.70. The third-order valence-corrected chi connectivity index (χ3v) is 2.84. The molecule has 0 aliphatic rings. The van der Waals surface area contributed by atoms with Gasteiger partial charge in [-0.15, -0.1) is 0 Å². The van der Waals surface area contributed by atoms with Crippen LogP contribution in [0.5, 0.6) is 0 Å². The first-order chi connectivity index (χ1) is 10.0. The number of aryl methyl sites for hydroxylation is 1. The van der Waals surface area contributed by atoms with Gasteiger partial charge in [-0.25, -0.2) is 10.8 Å². The van der Waals surface area contributed by atoms with Gasteiger partial charge in [0.25, 0.3) is 11.6 Å². The summed E-state index contributed by atoms with van der Waals surface area (Å²) in [6, 6.07) is 7.58. The van der Waals surface area contributed by atoms with Crippen LogP contribution in [0.2, 0.25) is 0 Å². The number of anilines is 2. The second kappa shape index (κ2) is 5.97. The molecule has 2 aromatic rings. The predicted molar refractivity (Wildman–Crippen MR) is 77.8 cm³/mol. The average Bonchev–Trinajstić information content (AvgIpc) is 2.49. The Morgan fingerprint density at radius 3 is 2.67 bits per heavy atom. The van der Waals surface area contributed by atoms with Crippen molar-refractivity contribution in [3.05, 3.63) is 57.8 Å². The van der Waals surface area contributed by atoms with Crippen molar-refractivity contribution in [1.29, 1.82) is 0 Å². The molecular formula is C13H13N5O3. The first-order valence-corrected chi connectivity index (χ1v) is 6.00. The van der Waals surface area contributed by atoms with E-state index in [1.807, 2.05) is 0 Å². The Kier molecular flexibility index (Phi) is 4.10. The number of hydrogen-bond donors (Lipinski definition) is 3. The minimum Gasteiger partial charge on any atom is -0.322 e. The number of rotatable bonds is 4. The number of carbonyl (C=O) groups excluding carboxylic acids is 1. The number of nitrogens with two attached hydrogens (primary N) is 1. The van der Waals surface area contributed by atoms with Crippen molar-refractivity contribution < 1.29 is 9.72 Å². The van der Waals surface area contributed by atoms with Crippen LogP contribution in [0.15, 0.2) is 36.5 Å². The molecule has 21 heavy (non-hydrogen) atoms. The van der Waals surface area contributed by atoms with Crippen molar-refractivity contribution in [2.24, 2.45) is 5.84 Å². The lowest BCUT2D eigenvalue weighted by Gasteiger charge is -2.06. The zero-order valence-electron chi connectivity index (χ0n) is 11.2. The Bertz CT molecular complexity index is 685. The number of nitrogens with one attached hydrogen (secondary N) is 2. The van der Waals surface area contributed by atoms with Crippen molar-refractivity contribution in [3.63, 3.8) is 0 Å². The number of pyridine rings is 1. The van der Waals surface area contributed by atoms with Gasteiger partial charge in [-0.1, -0.05) is 6.07 Å². The number of carbonyl (C=O) groups is 1. The molecule has 0 unspecified atom stereocenters. The molecule has 0 aliphatic carbocycles. The summed E-state index contributed by atoms with van der Waals surface area (Å²) in [7, 11) is 0. The largest absolute Gasteiger partial charge is 0.322 e. The van der Waals surface area contributed by atoms with Crippen molar-refractivity contribution in [2.75, 3.05) is 10.7 Å². The Morgan fingerprint density at radius 2 is 2.10 bits per heavy atom. The van der Waals surface area contributed by atoms with Gasteiger partial charge in [-0.3, -0.25) is 14.9 Å². The summed E-state index contributed by atoms with van der Waals surface area (Å²) in [5.74, 6) is 5.20. The second-order valence-corrected chi connectivity index (χ2v) is 4.29. The van der Waals surface area contributed by atoms with Gasteiger partial charge in [0, 0.05) is 23.5 Å². The number of nitro groups is 1. The van der Waals surface area contributed by atoms with E-state index in [1.165, 1.54) is 12.3 Å². The molecule has 0 bridgehead atoms. The van der Waals surface area contributed by atoms with Crippen molar-refractivity contribution >= 4 is 23.1 Å². The minimum absolute atomic E-state index is 0.0476. The predicted octanol–water partition coefficient (Wildman–Crippen LogP) is 1.84. The van der Waals surface area contributed by atoms with E-state index in [-0.39, 0.29) is 5.69 Å². The van der Waals surface area contributed by atoms with Crippen LogP contribution in [0.4, 0.5) is 17.2 Å². The lowest BCUT2D eigenvalue weighted by Crippen LogP contribution is -2.14. The van der Waals surface area contributed by atoms with E-state index in [2.05, 4.69) is 15.7 Å². The molecule has 4 N–H and O–H groups in total. The molecule has 0 saturated carbocycles. The SMILES string of the molecule is Cc1ccc(NC(=O)c2ccc(NN)nc2)cc1[N+](=O)[O-]. The van der Waals surface area contributed by atoms with Crippen LogP contribution in [0.3, 0.4) is 0 Å². The molecule has 0 radical (unpaired) electrons. The molecule has 1 amide bonds. The molecule has 1 aromatic carbocycles. The molecule has 0 atom stereocenters. The van der Waals surface area contributed by atoms with Gasteiger partial charge in [-0.05, 0) is 25.1 Å².